The molecule has 2 aromatic rings. The smallest absolute Gasteiger partial charge is 0.376 e. The second-order valence-electron chi connectivity index (χ2n) is 13.9. The zero-order chi connectivity index (χ0) is 31.7. The van der Waals surface area contributed by atoms with E-state index in [0.717, 1.165) is 43.8 Å². The molecule has 1 fully saturated rings. The summed E-state index contributed by atoms with van der Waals surface area (Å²) in [7, 11) is -3.00. The number of hydrogen-bond acceptors (Lipinski definition) is 6. The van der Waals surface area contributed by atoms with Gasteiger partial charge in [0.15, 0.2) is 5.60 Å². The Morgan fingerprint density at radius 2 is 1.81 bits per heavy atom. The first-order valence-electron chi connectivity index (χ1n) is 14.6. The molecule has 0 saturated heterocycles. The lowest BCUT2D eigenvalue weighted by Gasteiger charge is -2.35. The molecule has 1 aliphatic carbocycles. The maximum absolute atomic E-state index is 13.8. The second kappa shape index (κ2) is 13.3. The Bertz CT molecular complexity index is 1220. The summed E-state index contributed by atoms with van der Waals surface area (Å²) in [4.78, 5) is 4.88. The van der Waals surface area contributed by atoms with Crippen LogP contribution in [0.1, 0.15) is 77.9 Å². The highest BCUT2D eigenvalue weighted by atomic mass is 32.2. The fourth-order valence-electron chi connectivity index (χ4n) is 4.12. The number of hydrogen-bond donors (Lipinski definition) is 2. The van der Waals surface area contributed by atoms with Gasteiger partial charge in [0.25, 0.3) is 0 Å². The van der Waals surface area contributed by atoms with E-state index in [2.05, 4.69) is 24.4 Å². The number of ether oxygens (including phenoxy) is 3. The number of benzene rings is 1. The molecule has 0 amide bonds. The monoisotopic (exact) mass is 634 g/mol. The molecule has 4 atom stereocenters. The van der Waals surface area contributed by atoms with Gasteiger partial charge in [-0.1, -0.05) is 25.7 Å². The van der Waals surface area contributed by atoms with Crippen LogP contribution >= 0.6 is 0 Å². The lowest BCUT2D eigenvalue weighted by Crippen LogP contribution is -2.48. The fraction of sp³-hybridized carbons (Fsp3) is 0.759. The Balaban J connectivity index is 2.05. The van der Waals surface area contributed by atoms with Gasteiger partial charge in [0.05, 0.1) is 51.6 Å². The van der Waals surface area contributed by atoms with Crippen LogP contribution in [0.15, 0.2) is 18.2 Å². The van der Waals surface area contributed by atoms with E-state index in [0.29, 0.717) is 24.6 Å². The summed E-state index contributed by atoms with van der Waals surface area (Å²) in [6.07, 6.45) is -3.29. The molecule has 3 rings (SSSR count). The summed E-state index contributed by atoms with van der Waals surface area (Å²) in [5.41, 5.74) is 6.15. The van der Waals surface area contributed by atoms with Gasteiger partial charge in [-0.25, -0.2) is 13.9 Å². The van der Waals surface area contributed by atoms with Crippen molar-refractivity contribution in [1.82, 2.24) is 14.3 Å². The van der Waals surface area contributed by atoms with Crippen molar-refractivity contribution in [1.29, 1.82) is 0 Å². The third-order valence-corrected chi connectivity index (χ3v) is 10.5. The molecular weight excluding hydrogens is 585 g/mol. The molecule has 3 N–H and O–H groups in total. The van der Waals surface area contributed by atoms with Crippen LogP contribution < -0.4 is 10.5 Å². The minimum absolute atomic E-state index is 0.127. The number of alkyl halides is 3. The van der Waals surface area contributed by atoms with Crippen molar-refractivity contribution in [2.24, 2.45) is 5.73 Å². The first-order valence-corrected chi connectivity index (χ1v) is 19.4. The molecule has 0 aliphatic heterocycles. The van der Waals surface area contributed by atoms with Crippen molar-refractivity contribution in [2.45, 2.75) is 128 Å². The van der Waals surface area contributed by atoms with Gasteiger partial charge in [0, 0.05) is 14.7 Å². The van der Waals surface area contributed by atoms with Gasteiger partial charge in [0.2, 0.25) is 0 Å². The van der Waals surface area contributed by atoms with E-state index in [1.807, 2.05) is 22.8 Å². The Hall–Kier alpha value is -1.35. The second-order valence-corrected chi connectivity index (χ2v) is 21.6. The maximum atomic E-state index is 13.8. The summed E-state index contributed by atoms with van der Waals surface area (Å²) >= 11 is 0. The van der Waals surface area contributed by atoms with Gasteiger partial charge in [0.1, 0.15) is 18.6 Å². The van der Waals surface area contributed by atoms with Crippen molar-refractivity contribution in [3.8, 4) is 0 Å². The molecule has 0 bridgehead atoms. The molecule has 1 heterocycles. The Labute approximate surface area is 251 Å². The standard InChI is InChI=1S/C29H49F3N4O4SSi/c1-19(40-28(5,6)29(30,31)32)25(35-41(37)27(2,3)4)26-34-23-16-20(22(33)17-39-21-11-12-21)10-13-24(23)36(26)18-38-14-15-42(7,8)9/h10,13,16,19,21-22,25,35H,11-12,14-15,17-18,33H2,1-9H3/t19-,22-,25+,41-/m1/s1. The predicted molar refractivity (Wildman–Crippen MR) is 164 cm³/mol. The van der Waals surface area contributed by atoms with Gasteiger partial charge in [-0.2, -0.15) is 13.2 Å². The van der Waals surface area contributed by atoms with Crippen LogP contribution in [-0.4, -0.2) is 63.8 Å². The van der Waals surface area contributed by atoms with E-state index in [1.54, 1.807) is 20.8 Å². The zero-order valence-electron chi connectivity index (χ0n) is 26.4. The van der Waals surface area contributed by atoms with Gasteiger partial charge >= 0.3 is 6.18 Å². The van der Waals surface area contributed by atoms with Crippen molar-refractivity contribution >= 4 is 30.1 Å². The molecule has 13 heteroatoms. The summed E-state index contributed by atoms with van der Waals surface area (Å²) in [5.74, 6) is 0.376. The number of nitrogens with one attached hydrogen (secondary N) is 1. The van der Waals surface area contributed by atoms with E-state index < -0.39 is 47.7 Å². The first-order chi connectivity index (χ1) is 19.2. The zero-order valence-corrected chi connectivity index (χ0v) is 28.2. The van der Waals surface area contributed by atoms with E-state index >= 15 is 0 Å². The number of rotatable bonds is 15. The number of fused-ring (bicyclic) bond motifs is 1. The minimum Gasteiger partial charge on any atom is -0.376 e. The minimum atomic E-state index is -4.61. The highest BCUT2D eigenvalue weighted by Crippen LogP contribution is 2.37. The summed E-state index contributed by atoms with van der Waals surface area (Å²) in [6.45, 7) is 16.7. The van der Waals surface area contributed by atoms with Crippen molar-refractivity contribution in [2.75, 3.05) is 13.2 Å². The molecule has 1 aromatic heterocycles. The normalized spacial score (nSPS) is 18.3. The SMILES string of the molecule is C[C@@H](OC(C)(C)C(F)(F)F)[C@H](N[S@](=O)C(C)(C)C)c1nc2cc([C@H](N)COC3CC3)ccc2n1COCC[Si](C)(C)C. The Morgan fingerprint density at radius 3 is 2.36 bits per heavy atom. The largest absolute Gasteiger partial charge is 0.416 e. The summed E-state index contributed by atoms with van der Waals surface area (Å²) in [6, 6.07) is 5.33. The van der Waals surface area contributed by atoms with Crippen molar-refractivity contribution in [3.63, 3.8) is 0 Å². The average Bonchev–Trinajstić information content (AvgIpc) is 3.61. The molecule has 240 valence electrons. The third-order valence-electron chi connectivity index (χ3n) is 7.18. The fourth-order valence-corrected chi connectivity index (χ4v) is 5.76. The molecule has 0 unspecified atom stereocenters. The van der Waals surface area contributed by atoms with Crippen LogP contribution in [0.4, 0.5) is 13.2 Å². The van der Waals surface area contributed by atoms with Crippen molar-refractivity contribution < 1.29 is 31.6 Å². The van der Waals surface area contributed by atoms with Gasteiger partial charge in [-0.05, 0) is 78.1 Å². The van der Waals surface area contributed by atoms with E-state index in [-0.39, 0.29) is 18.9 Å². The number of nitrogens with two attached hydrogens (primary N) is 1. The number of aromatic nitrogens is 2. The van der Waals surface area contributed by atoms with Crippen LogP contribution in [0.2, 0.25) is 25.7 Å². The third kappa shape index (κ3) is 9.57. The van der Waals surface area contributed by atoms with E-state index in [9.17, 15) is 17.4 Å². The van der Waals surface area contributed by atoms with Gasteiger partial charge in [-0.3, -0.25) is 0 Å². The lowest BCUT2D eigenvalue weighted by atomic mass is 10.1. The average molecular weight is 635 g/mol. The van der Waals surface area contributed by atoms with Gasteiger partial charge < -0.3 is 24.5 Å². The Kier molecular flexibility index (Phi) is 11.2. The van der Waals surface area contributed by atoms with E-state index in [4.69, 9.17) is 24.9 Å². The van der Waals surface area contributed by atoms with Crippen LogP contribution in [-0.2, 0) is 31.9 Å². The number of halogens is 3. The predicted octanol–water partition coefficient (Wildman–Crippen LogP) is 6.37. The first kappa shape index (κ1) is 35.1. The van der Waals surface area contributed by atoms with Crippen LogP contribution in [0.5, 0.6) is 0 Å². The maximum Gasteiger partial charge on any atom is 0.416 e. The molecule has 1 aliphatic rings. The number of imidazole rings is 1. The summed E-state index contributed by atoms with van der Waals surface area (Å²) in [5, 5.41) is 0. The Morgan fingerprint density at radius 1 is 1.17 bits per heavy atom. The highest BCUT2D eigenvalue weighted by Gasteiger charge is 2.50. The molecule has 42 heavy (non-hydrogen) atoms. The summed E-state index contributed by atoms with van der Waals surface area (Å²) < 4.78 is 76.5. The van der Waals surface area contributed by atoms with Gasteiger partial charge in [-0.15, -0.1) is 0 Å². The molecular formula is C29H49F3N4O4SSi. The molecule has 0 radical (unpaired) electrons. The number of nitrogens with zero attached hydrogens (tertiary/aromatic N) is 2. The van der Waals surface area contributed by atoms with Crippen molar-refractivity contribution in [3.05, 3.63) is 29.6 Å². The molecule has 0 spiro atoms. The quantitative estimate of drug-likeness (QED) is 0.175. The van der Waals surface area contributed by atoms with Crippen LogP contribution in [0.3, 0.4) is 0 Å². The lowest BCUT2D eigenvalue weighted by molar-refractivity contribution is -0.277. The molecule has 1 saturated carbocycles. The van der Waals surface area contributed by atoms with E-state index in [1.165, 1.54) is 6.92 Å². The highest BCUT2D eigenvalue weighted by molar-refractivity contribution is 7.84. The molecule has 8 nitrogen and oxygen atoms in total. The topological polar surface area (TPSA) is 101 Å². The molecule has 1 aromatic carbocycles. The van der Waals surface area contributed by atoms with Crippen LogP contribution in [0, 0.1) is 0 Å². The van der Waals surface area contributed by atoms with Crippen LogP contribution in [0.25, 0.3) is 11.0 Å².